The van der Waals surface area contributed by atoms with Crippen molar-refractivity contribution in [1.82, 2.24) is 40.5 Å². The summed E-state index contributed by atoms with van der Waals surface area (Å²) in [5, 5.41) is 30.5. The Morgan fingerprint density at radius 3 is 2.41 bits per heavy atom. The molecule has 64 heavy (non-hydrogen) atoms. The average Bonchev–Trinajstić information content (AvgIpc) is 4.07. The van der Waals surface area contributed by atoms with Crippen LogP contribution in [0.3, 0.4) is 0 Å². The second-order valence-corrected chi connectivity index (χ2v) is 17.6. The molecule has 2 aliphatic rings. The number of β-amino-alcohol motifs (C(OH)–C–C–N with tert-alkyl or cyclic N) is 1. The average molecular weight is 875 g/mol. The maximum atomic E-state index is 14.1. The number of aromatic amines is 1. The number of piperidine rings is 1. The van der Waals surface area contributed by atoms with Crippen LogP contribution in [0.5, 0.6) is 5.75 Å². The fraction of sp³-hybridized carbons (Fsp3) is 0.426. The number of aliphatic hydroxyl groups is 1. The number of benzene rings is 2. The number of H-pyrrole nitrogens is 1. The third kappa shape index (κ3) is 10.8. The van der Waals surface area contributed by atoms with Gasteiger partial charge in [0.2, 0.25) is 17.7 Å². The van der Waals surface area contributed by atoms with E-state index in [4.69, 9.17) is 9.47 Å². The van der Waals surface area contributed by atoms with Crippen molar-refractivity contribution in [2.45, 2.75) is 71.2 Å². The number of carbonyl (C=O) groups excluding carboxylic acids is 4. The molecular formula is C47H58N10O7. The monoisotopic (exact) mass is 874 g/mol. The lowest BCUT2D eigenvalue weighted by Gasteiger charge is -2.35. The van der Waals surface area contributed by atoms with Gasteiger partial charge in [-0.15, -0.1) is 0 Å². The molecule has 5 aromatic rings. The van der Waals surface area contributed by atoms with E-state index in [0.717, 1.165) is 48.4 Å². The van der Waals surface area contributed by atoms with E-state index in [2.05, 4.69) is 41.1 Å². The van der Waals surface area contributed by atoms with Crippen molar-refractivity contribution >= 4 is 35.0 Å². The molecule has 17 heteroatoms. The number of hydrogen-bond donors (Lipinski definition) is 5. The van der Waals surface area contributed by atoms with Crippen molar-refractivity contribution in [3.63, 3.8) is 0 Å². The Bertz CT molecular complexity index is 2400. The Kier molecular flexibility index (Phi) is 14.1. The number of rotatable bonds is 15. The standard InChI is InChI=1S/C47H58N10O7/c1-29(31-10-12-32(13-11-31)39-17-21-49-55(39)5)50-45(61)40-25-34(58)26-57(40)46(62)43(47(2,3)4)53-42(59)28-64-27-30-18-22-56(23-19-30)33-14-15-37(41(24-33)63-6)52-44(60)38-9-7-8-35(51-38)36-16-20-48-54-36/h7-17,20-21,24,29-30,34,40,43,58H,18-19,22-23,25-28H2,1-6H3,(H,48,54)(H,50,61)(H,52,60)(H,53,59)/t29-,34+,40-,43+/m0/s1. The van der Waals surface area contributed by atoms with E-state index in [9.17, 15) is 24.3 Å². The van der Waals surface area contributed by atoms with Crippen molar-refractivity contribution in [2.75, 3.05) is 50.2 Å². The number of pyridine rings is 1. The van der Waals surface area contributed by atoms with Crippen LogP contribution in [0.4, 0.5) is 11.4 Å². The Hall–Kier alpha value is -6.59. The molecule has 0 unspecified atom stereocenters. The van der Waals surface area contributed by atoms with Crippen LogP contribution in [0, 0.1) is 11.3 Å². The molecule has 2 fully saturated rings. The number of ether oxygens (including phenoxy) is 2. The van der Waals surface area contributed by atoms with Gasteiger partial charge in [-0.3, -0.25) is 29.0 Å². The van der Waals surface area contributed by atoms with Gasteiger partial charge in [-0.1, -0.05) is 51.1 Å². The fourth-order valence-corrected chi connectivity index (χ4v) is 8.27. The van der Waals surface area contributed by atoms with Crippen LogP contribution in [-0.2, 0) is 26.2 Å². The summed E-state index contributed by atoms with van der Waals surface area (Å²) >= 11 is 0. The molecule has 4 amide bonds. The van der Waals surface area contributed by atoms with E-state index < -0.39 is 35.4 Å². The van der Waals surface area contributed by atoms with Crippen LogP contribution >= 0.6 is 0 Å². The van der Waals surface area contributed by atoms with E-state index in [1.54, 1.807) is 48.5 Å². The third-order valence-corrected chi connectivity index (χ3v) is 11.9. The highest BCUT2D eigenvalue weighted by Crippen LogP contribution is 2.33. The number of hydrogen-bond acceptors (Lipinski definition) is 11. The highest BCUT2D eigenvalue weighted by Gasteiger charge is 2.44. The molecule has 2 aromatic carbocycles. The lowest BCUT2D eigenvalue weighted by molar-refractivity contribution is -0.144. The van der Waals surface area contributed by atoms with E-state index in [-0.39, 0.29) is 49.0 Å². The molecule has 2 saturated heterocycles. The first-order chi connectivity index (χ1) is 30.7. The lowest BCUT2D eigenvalue weighted by Crippen LogP contribution is -2.58. The molecule has 5 heterocycles. The fourth-order valence-electron chi connectivity index (χ4n) is 8.27. The normalized spacial score (nSPS) is 17.7. The summed E-state index contributed by atoms with van der Waals surface area (Å²) in [5.41, 5.74) is 5.20. The minimum atomic E-state index is -0.962. The summed E-state index contributed by atoms with van der Waals surface area (Å²) in [5.74, 6) is -0.861. The van der Waals surface area contributed by atoms with E-state index in [0.29, 0.717) is 29.4 Å². The largest absolute Gasteiger partial charge is 0.494 e. The van der Waals surface area contributed by atoms with Crippen molar-refractivity contribution in [2.24, 2.45) is 18.4 Å². The van der Waals surface area contributed by atoms with Crippen LogP contribution in [0.2, 0.25) is 0 Å². The quantitative estimate of drug-likeness (QED) is 0.0971. The number of amides is 4. The number of aliphatic hydroxyl groups excluding tert-OH is 1. The van der Waals surface area contributed by atoms with Crippen molar-refractivity contribution in [3.8, 4) is 28.4 Å². The maximum Gasteiger partial charge on any atom is 0.274 e. The SMILES string of the molecule is COc1cc(N2CCC(COCC(=O)N[C@H](C(=O)N3C[C@H](O)C[C@H]3C(=O)N[C@@H](C)c3ccc(-c4ccnn4C)cc3)C(C)(C)C)CC2)ccc1NC(=O)c1cccc(-c2ccn[nH]2)n1. The molecule has 0 aliphatic carbocycles. The van der Waals surface area contributed by atoms with Gasteiger partial charge in [-0.05, 0) is 78.6 Å². The van der Waals surface area contributed by atoms with Crippen LogP contribution in [0.25, 0.3) is 22.6 Å². The minimum absolute atomic E-state index is 0.0175. The van der Waals surface area contributed by atoms with Gasteiger partial charge in [0.1, 0.15) is 30.1 Å². The summed E-state index contributed by atoms with van der Waals surface area (Å²) in [7, 11) is 3.44. The van der Waals surface area contributed by atoms with Gasteiger partial charge in [-0.25, -0.2) is 4.98 Å². The number of nitrogens with one attached hydrogen (secondary N) is 4. The second kappa shape index (κ2) is 19.8. The number of aromatic nitrogens is 5. The molecule has 0 spiro atoms. The number of aryl methyl sites for hydroxylation is 1. The van der Waals surface area contributed by atoms with Gasteiger partial charge < -0.3 is 40.3 Å². The Balaban J connectivity index is 0.874. The molecule has 0 radical (unpaired) electrons. The predicted octanol–water partition coefficient (Wildman–Crippen LogP) is 4.74. The first kappa shape index (κ1) is 45.4. The molecular weight excluding hydrogens is 817 g/mol. The van der Waals surface area contributed by atoms with Gasteiger partial charge in [-0.2, -0.15) is 10.2 Å². The lowest BCUT2D eigenvalue weighted by atomic mass is 9.85. The van der Waals surface area contributed by atoms with E-state index in [1.807, 2.05) is 83.3 Å². The first-order valence-electron chi connectivity index (χ1n) is 21.6. The molecule has 0 bridgehead atoms. The predicted molar refractivity (Wildman–Crippen MR) is 241 cm³/mol. The van der Waals surface area contributed by atoms with Crippen LogP contribution < -0.4 is 25.6 Å². The molecule has 7 rings (SSSR count). The number of likely N-dealkylation sites (tertiary alicyclic amines) is 1. The molecule has 3 aromatic heterocycles. The van der Waals surface area contributed by atoms with E-state index >= 15 is 0 Å². The van der Waals surface area contributed by atoms with Crippen molar-refractivity contribution < 1.29 is 33.8 Å². The van der Waals surface area contributed by atoms with Crippen molar-refractivity contribution in [3.05, 3.63) is 96.4 Å². The van der Waals surface area contributed by atoms with E-state index in [1.165, 1.54) is 4.90 Å². The summed E-state index contributed by atoms with van der Waals surface area (Å²) in [6.45, 7) is 9.08. The molecule has 5 N–H and O–H groups in total. The molecule has 338 valence electrons. The van der Waals surface area contributed by atoms with Gasteiger partial charge in [0.15, 0.2) is 0 Å². The molecule has 4 atom stereocenters. The Labute approximate surface area is 372 Å². The maximum absolute atomic E-state index is 14.1. The molecule has 2 aliphatic heterocycles. The summed E-state index contributed by atoms with van der Waals surface area (Å²) in [6, 6.07) is 20.2. The Morgan fingerprint density at radius 1 is 0.969 bits per heavy atom. The number of carbonyl (C=O) groups is 4. The zero-order valence-corrected chi connectivity index (χ0v) is 37.2. The minimum Gasteiger partial charge on any atom is -0.494 e. The Morgan fingerprint density at radius 2 is 1.73 bits per heavy atom. The highest BCUT2D eigenvalue weighted by atomic mass is 16.5. The number of nitrogens with zero attached hydrogens (tertiary/aromatic N) is 6. The zero-order valence-electron chi connectivity index (χ0n) is 37.2. The van der Waals surface area contributed by atoms with Gasteiger partial charge >= 0.3 is 0 Å². The molecule has 0 saturated carbocycles. The second-order valence-electron chi connectivity index (χ2n) is 17.6. The summed E-state index contributed by atoms with van der Waals surface area (Å²) in [6.07, 6.45) is 4.24. The van der Waals surface area contributed by atoms with Crippen molar-refractivity contribution in [1.29, 1.82) is 0 Å². The summed E-state index contributed by atoms with van der Waals surface area (Å²) < 4.78 is 13.4. The van der Waals surface area contributed by atoms with Crippen LogP contribution in [-0.4, -0.2) is 117 Å². The van der Waals surface area contributed by atoms with Gasteiger partial charge in [0.25, 0.3) is 5.91 Å². The van der Waals surface area contributed by atoms with Crippen LogP contribution in [0.1, 0.15) is 69.1 Å². The molecule has 17 nitrogen and oxygen atoms in total. The summed E-state index contributed by atoms with van der Waals surface area (Å²) in [4.78, 5) is 62.4. The first-order valence-corrected chi connectivity index (χ1v) is 21.6. The topological polar surface area (TPSA) is 209 Å². The van der Waals surface area contributed by atoms with Gasteiger partial charge in [0, 0.05) is 57.3 Å². The number of anilines is 2. The number of methoxy groups -OCH3 is 1. The van der Waals surface area contributed by atoms with Crippen LogP contribution in [0.15, 0.2) is 85.2 Å². The zero-order chi connectivity index (χ0) is 45.5. The van der Waals surface area contributed by atoms with Gasteiger partial charge in [0.05, 0.1) is 48.6 Å². The smallest absolute Gasteiger partial charge is 0.274 e. The highest BCUT2D eigenvalue weighted by molar-refractivity contribution is 6.04. The third-order valence-electron chi connectivity index (χ3n) is 11.9.